The average molecular weight is 391 g/mol. The summed E-state index contributed by atoms with van der Waals surface area (Å²) in [5.41, 5.74) is 2.69. The van der Waals surface area contributed by atoms with Gasteiger partial charge in [-0.15, -0.1) is 0 Å². The molecular formula is C18H19BrN2OS. The predicted molar refractivity (Wildman–Crippen MR) is 103 cm³/mol. The molecule has 0 aliphatic heterocycles. The lowest BCUT2D eigenvalue weighted by Gasteiger charge is -2.12. The molecule has 0 radical (unpaired) electrons. The van der Waals surface area contributed by atoms with Crippen LogP contribution < -0.4 is 10.6 Å². The lowest BCUT2D eigenvalue weighted by Crippen LogP contribution is -2.34. The van der Waals surface area contributed by atoms with Crippen LogP contribution in [0.1, 0.15) is 35.7 Å². The van der Waals surface area contributed by atoms with Crippen molar-refractivity contribution in [2.75, 3.05) is 5.32 Å². The number of hydrogen-bond acceptors (Lipinski definition) is 2. The summed E-state index contributed by atoms with van der Waals surface area (Å²) in [7, 11) is 0. The molecule has 2 aromatic rings. The SMILES string of the molecule is CCCCc1ccc(NC(=S)NC(=O)c2ccccc2)c(Br)c1. The molecule has 0 saturated heterocycles. The molecule has 1 amide bonds. The van der Waals surface area contributed by atoms with Gasteiger partial charge in [0.25, 0.3) is 5.91 Å². The molecule has 0 atom stereocenters. The topological polar surface area (TPSA) is 41.1 Å². The van der Waals surface area contributed by atoms with E-state index < -0.39 is 0 Å². The van der Waals surface area contributed by atoms with Gasteiger partial charge in [0.1, 0.15) is 0 Å². The number of halogens is 1. The van der Waals surface area contributed by atoms with Gasteiger partial charge in [-0.1, -0.05) is 37.6 Å². The summed E-state index contributed by atoms with van der Waals surface area (Å²) in [6, 6.07) is 15.1. The summed E-state index contributed by atoms with van der Waals surface area (Å²) in [4.78, 5) is 12.1. The number of anilines is 1. The molecule has 0 saturated carbocycles. The molecule has 2 aromatic carbocycles. The first-order valence-corrected chi connectivity index (χ1v) is 8.76. The van der Waals surface area contributed by atoms with Crippen LogP contribution in [0.5, 0.6) is 0 Å². The van der Waals surface area contributed by atoms with Crippen LogP contribution in [0, 0.1) is 0 Å². The van der Waals surface area contributed by atoms with Crippen molar-refractivity contribution >= 4 is 44.9 Å². The Morgan fingerprint density at radius 3 is 2.57 bits per heavy atom. The van der Waals surface area contributed by atoms with Crippen LogP contribution in [-0.2, 0) is 6.42 Å². The second kappa shape index (κ2) is 8.79. The van der Waals surface area contributed by atoms with Crippen LogP contribution in [0.4, 0.5) is 5.69 Å². The zero-order valence-electron chi connectivity index (χ0n) is 12.9. The molecule has 0 fully saturated rings. The minimum Gasteiger partial charge on any atom is -0.331 e. The van der Waals surface area contributed by atoms with Gasteiger partial charge in [0.15, 0.2) is 5.11 Å². The van der Waals surface area contributed by atoms with Crippen LogP contribution in [0.3, 0.4) is 0 Å². The number of thiocarbonyl (C=S) groups is 1. The van der Waals surface area contributed by atoms with Gasteiger partial charge in [0, 0.05) is 10.0 Å². The molecule has 0 aliphatic carbocycles. The fraction of sp³-hybridized carbons (Fsp3) is 0.222. The second-order valence-electron chi connectivity index (χ2n) is 5.19. The molecule has 0 heterocycles. The van der Waals surface area contributed by atoms with E-state index in [0.29, 0.717) is 5.56 Å². The van der Waals surface area contributed by atoms with Crippen molar-refractivity contribution < 1.29 is 4.79 Å². The molecule has 0 unspecified atom stereocenters. The lowest BCUT2D eigenvalue weighted by molar-refractivity contribution is 0.0977. The Morgan fingerprint density at radius 2 is 1.91 bits per heavy atom. The van der Waals surface area contributed by atoms with Gasteiger partial charge in [0.05, 0.1) is 5.69 Å². The number of carbonyl (C=O) groups excluding carboxylic acids is 1. The summed E-state index contributed by atoms with van der Waals surface area (Å²) >= 11 is 8.75. The Balaban J connectivity index is 1.96. The van der Waals surface area contributed by atoms with Crippen LogP contribution in [0.15, 0.2) is 53.0 Å². The van der Waals surface area contributed by atoms with Crippen molar-refractivity contribution in [3.05, 3.63) is 64.1 Å². The number of unbranched alkanes of at least 4 members (excludes halogenated alkanes) is 1. The molecule has 5 heteroatoms. The van der Waals surface area contributed by atoms with E-state index in [1.54, 1.807) is 12.1 Å². The third-order valence-corrected chi connectivity index (χ3v) is 4.22. The maximum atomic E-state index is 12.1. The van der Waals surface area contributed by atoms with E-state index in [-0.39, 0.29) is 11.0 Å². The van der Waals surface area contributed by atoms with Gasteiger partial charge in [-0.3, -0.25) is 10.1 Å². The minimum absolute atomic E-state index is 0.223. The van der Waals surface area contributed by atoms with Crippen molar-refractivity contribution in [3.8, 4) is 0 Å². The van der Waals surface area contributed by atoms with Crippen LogP contribution in [-0.4, -0.2) is 11.0 Å². The Labute approximate surface area is 150 Å². The molecule has 0 aromatic heterocycles. The lowest BCUT2D eigenvalue weighted by atomic mass is 10.1. The number of carbonyl (C=O) groups is 1. The Bertz CT molecular complexity index is 689. The number of hydrogen-bond donors (Lipinski definition) is 2. The highest BCUT2D eigenvalue weighted by Gasteiger charge is 2.09. The first-order chi connectivity index (χ1) is 11.1. The van der Waals surface area contributed by atoms with Gasteiger partial charge in [-0.2, -0.15) is 0 Å². The molecule has 0 aliphatic rings. The standard InChI is InChI=1S/C18H19BrN2OS/c1-2-3-7-13-10-11-16(15(19)12-13)20-18(23)21-17(22)14-8-5-4-6-9-14/h4-6,8-12H,2-3,7H2,1H3,(H2,20,21,22,23). The highest BCUT2D eigenvalue weighted by molar-refractivity contribution is 9.10. The number of nitrogens with one attached hydrogen (secondary N) is 2. The van der Waals surface area contributed by atoms with Gasteiger partial charge in [-0.25, -0.2) is 0 Å². The van der Waals surface area contributed by atoms with Crippen LogP contribution in [0.2, 0.25) is 0 Å². The number of benzene rings is 2. The first kappa shape index (κ1) is 17.6. The summed E-state index contributed by atoms with van der Waals surface area (Å²) in [5, 5.41) is 6.01. The minimum atomic E-state index is -0.223. The highest BCUT2D eigenvalue weighted by Crippen LogP contribution is 2.24. The number of amides is 1. The zero-order chi connectivity index (χ0) is 16.7. The highest BCUT2D eigenvalue weighted by atomic mass is 79.9. The van der Waals surface area contributed by atoms with E-state index in [1.165, 1.54) is 18.4 Å². The maximum Gasteiger partial charge on any atom is 0.257 e. The van der Waals surface area contributed by atoms with Crippen molar-refractivity contribution in [1.82, 2.24) is 5.32 Å². The smallest absolute Gasteiger partial charge is 0.257 e. The fourth-order valence-corrected chi connectivity index (χ4v) is 2.84. The quantitative estimate of drug-likeness (QED) is 0.711. The average Bonchev–Trinajstić information content (AvgIpc) is 2.56. The summed E-state index contributed by atoms with van der Waals surface area (Å²) in [5.74, 6) is -0.223. The van der Waals surface area contributed by atoms with E-state index in [4.69, 9.17) is 12.2 Å². The first-order valence-electron chi connectivity index (χ1n) is 7.56. The number of aryl methyl sites for hydroxylation is 1. The monoisotopic (exact) mass is 390 g/mol. The van der Waals surface area contributed by atoms with Gasteiger partial charge >= 0.3 is 0 Å². The van der Waals surface area contributed by atoms with Crippen LogP contribution in [0.25, 0.3) is 0 Å². The molecular weight excluding hydrogens is 372 g/mol. The molecule has 3 nitrogen and oxygen atoms in total. The largest absolute Gasteiger partial charge is 0.331 e. The summed E-state index contributed by atoms with van der Waals surface area (Å²) in [6.07, 6.45) is 3.41. The van der Waals surface area contributed by atoms with Gasteiger partial charge in [0.2, 0.25) is 0 Å². The third-order valence-electron chi connectivity index (χ3n) is 3.36. The van der Waals surface area contributed by atoms with Gasteiger partial charge < -0.3 is 5.32 Å². The molecule has 2 N–H and O–H groups in total. The van der Waals surface area contributed by atoms with E-state index in [2.05, 4.69) is 45.6 Å². The van der Waals surface area contributed by atoms with Crippen molar-refractivity contribution in [3.63, 3.8) is 0 Å². The van der Waals surface area contributed by atoms with Crippen molar-refractivity contribution in [2.45, 2.75) is 26.2 Å². The normalized spacial score (nSPS) is 10.2. The van der Waals surface area contributed by atoms with Gasteiger partial charge in [-0.05, 0) is 70.8 Å². The van der Waals surface area contributed by atoms with E-state index in [9.17, 15) is 4.79 Å². The third kappa shape index (κ3) is 5.44. The van der Waals surface area contributed by atoms with E-state index in [1.807, 2.05) is 24.3 Å². The molecule has 0 spiro atoms. The molecule has 120 valence electrons. The fourth-order valence-electron chi connectivity index (χ4n) is 2.11. The Kier molecular flexibility index (Phi) is 6.74. The molecule has 0 bridgehead atoms. The second-order valence-corrected chi connectivity index (χ2v) is 6.45. The summed E-state index contributed by atoms with van der Waals surface area (Å²) in [6.45, 7) is 2.18. The zero-order valence-corrected chi connectivity index (χ0v) is 15.3. The Morgan fingerprint density at radius 1 is 1.17 bits per heavy atom. The van der Waals surface area contributed by atoms with Crippen molar-refractivity contribution in [1.29, 1.82) is 0 Å². The Hall–Kier alpha value is -1.72. The molecule has 2 rings (SSSR count). The molecule has 23 heavy (non-hydrogen) atoms. The van der Waals surface area contributed by atoms with E-state index in [0.717, 1.165) is 16.6 Å². The van der Waals surface area contributed by atoms with Crippen molar-refractivity contribution in [2.24, 2.45) is 0 Å². The maximum absolute atomic E-state index is 12.1. The number of rotatable bonds is 5. The van der Waals surface area contributed by atoms with E-state index >= 15 is 0 Å². The van der Waals surface area contributed by atoms with Crippen LogP contribution >= 0.6 is 28.1 Å². The summed E-state index contributed by atoms with van der Waals surface area (Å²) < 4.78 is 0.933. The predicted octanol–water partition coefficient (Wildman–Crippen LogP) is 4.92.